The van der Waals surface area contributed by atoms with Crippen molar-refractivity contribution >= 4 is 23.3 Å². The number of aliphatic hydroxyl groups excluding tert-OH is 2. The van der Waals surface area contributed by atoms with E-state index in [0.29, 0.717) is 25.9 Å². The third-order valence-electron chi connectivity index (χ3n) is 8.79. The van der Waals surface area contributed by atoms with Gasteiger partial charge in [0.2, 0.25) is 5.78 Å². The molecule has 1 saturated heterocycles. The van der Waals surface area contributed by atoms with Crippen LogP contribution in [0.4, 0.5) is 4.39 Å². The number of allylic oxidation sites excluding steroid dienone is 1. The number of primary amides is 1. The Hall–Kier alpha value is -3.61. The first-order chi connectivity index (χ1) is 18.8. The quantitative estimate of drug-likeness (QED) is 0.256. The molecular formula is C28H32FN3O8. The van der Waals surface area contributed by atoms with Crippen LogP contribution in [-0.4, -0.2) is 105 Å². The van der Waals surface area contributed by atoms with E-state index in [4.69, 9.17) is 5.73 Å². The van der Waals surface area contributed by atoms with E-state index in [9.17, 15) is 44.0 Å². The predicted octanol–water partition coefficient (Wildman–Crippen LogP) is 0.737. The molecule has 0 aromatic heterocycles. The number of likely N-dealkylation sites (tertiary alicyclic amines) is 1. The SMILES string of the molecule is CN(C)[C@@H]1C(O)=C(C(N)=O)C(=O)[C@@]2(O)C(O)=C3C(=O)c4c(O)ccc(C(=O)CN5CCC(F)CC5)c4C[C@H]3C[C@@H]12. The number of carbonyl (C=O) groups excluding carboxylic acids is 4. The van der Waals surface area contributed by atoms with Gasteiger partial charge in [-0.3, -0.25) is 29.0 Å². The minimum atomic E-state index is -2.73. The van der Waals surface area contributed by atoms with Crippen molar-refractivity contribution in [2.24, 2.45) is 17.6 Å². The van der Waals surface area contributed by atoms with Crippen molar-refractivity contribution in [3.63, 3.8) is 0 Å². The Bertz CT molecular complexity index is 1390. The lowest BCUT2D eigenvalue weighted by atomic mass is 9.58. The summed E-state index contributed by atoms with van der Waals surface area (Å²) in [4.78, 5) is 55.9. The summed E-state index contributed by atoms with van der Waals surface area (Å²) in [6, 6.07) is 1.53. The number of fused-ring (bicyclic) bond motifs is 3. The molecule has 0 bridgehead atoms. The maximum Gasteiger partial charge on any atom is 0.255 e. The number of ketones is 3. The molecule has 12 heteroatoms. The van der Waals surface area contributed by atoms with Crippen LogP contribution < -0.4 is 5.73 Å². The van der Waals surface area contributed by atoms with Crippen molar-refractivity contribution in [3.05, 3.63) is 51.5 Å². The molecule has 11 nitrogen and oxygen atoms in total. The smallest absolute Gasteiger partial charge is 0.255 e. The molecule has 0 saturated carbocycles. The molecule has 1 amide bonds. The highest BCUT2D eigenvalue weighted by molar-refractivity contribution is 6.25. The second kappa shape index (κ2) is 9.79. The van der Waals surface area contributed by atoms with Gasteiger partial charge in [0.1, 0.15) is 29.0 Å². The zero-order valence-corrected chi connectivity index (χ0v) is 22.2. The number of carbonyl (C=O) groups is 4. The van der Waals surface area contributed by atoms with Crippen LogP contribution in [0.15, 0.2) is 34.8 Å². The fourth-order valence-electron chi connectivity index (χ4n) is 6.86. The van der Waals surface area contributed by atoms with Crippen molar-refractivity contribution in [2.45, 2.75) is 43.5 Å². The number of halogens is 1. The van der Waals surface area contributed by atoms with E-state index in [1.807, 2.05) is 4.90 Å². The predicted molar refractivity (Wildman–Crippen MR) is 139 cm³/mol. The molecular weight excluding hydrogens is 525 g/mol. The Labute approximate surface area is 229 Å². The number of rotatable bonds is 5. The summed E-state index contributed by atoms with van der Waals surface area (Å²) < 4.78 is 13.6. The lowest BCUT2D eigenvalue weighted by Crippen LogP contribution is -2.63. The number of benzene rings is 1. The first-order valence-corrected chi connectivity index (χ1v) is 13.2. The van der Waals surface area contributed by atoms with Crippen LogP contribution in [0.1, 0.15) is 45.5 Å². The standard InChI is InChI=1S/C28H32FN3O8/c1-31(2)22-16-10-12-9-15-14(18(34)11-32-7-5-13(29)6-8-32)3-4-17(33)20(15)23(35)19(12)25(37)28(16,40)26(38)21(24(22)36)27(30)39/h3-4,12-13,16,22,33,36-37,40H,5-11H2,1-2H3,(H2,30,39)/t12-,16-,22-,28-/m0/s1. The molecule has 0 spiro atoms. The summed E-state index contributed by atoms with van der Waals surface area (Å²) >= 11 is 0. The van der Waals surface area contributed by atoms with Gasteiger partial charge in [0.05, 0.1) is 18.2 Å². The minimum absolute atomic E-state index is 0.00484. The van der Waals surface area contributed by atoms with Crippen LogP contribution in [0.25, 0.3) is 0 Å². The van der Waals surface area contributed by atoms with E-state index in [0.717, 1.165) is 0 Å². The van der Waals surface area contributed by atoms with Gasteiger partial charge in [-0.05, 0) is 63.4 Å². The molecule has 4 atom stereocenters. The van der Waals surface area contributed by atoms with Gasteiger partial charge in [-0.15, -0.1) is 0 Å². The summed E-state index contributed by atoms with van der Waals surface area (Å²) in [5.41, 5.74) is 1.73. The van der Waals surface area contributed by atoms with Crippen molar-refractivity contribution in [1.29, 1.82) is 0 Å². The molecule has 1 heterocycles. The number of aromatic hydroxyl groups is 1. The van der Waals surface area contributed by atoms with Crippen LogP contribution in [0.5, 0.6) is 5.75 Å². The largest absolute Gasteiger partial charge is 0.510 e. The van der Waals surface area contributed by atoms with Gasteiger partial charge >= 0.3 is 0 Å². The molecule has 1 aromatic rings. The molecule has 214 valence electrons. The van der Waals surface area contributed by atoms with E-state index in [1.54, 1.807) is 14.1 Å². The number of nitrogens with zero attached hydrogens (tertiary/aromatic N) is 2. The van der Waals surface area contributed by atoms with Gasteiger partial charge in [0.15, 0.2) is 17.2 Å². The van der Waals surface area contributed by atoms with Gasteiger partial charge < -0.3 is 26.2 Å². The minimum Gasteiger partial charge on any atom is -0.510 e. The molecule has 4 aliphatic rings. The van der Waals surface area contributed by atoms with Gasteiger partial charge in [0.25, 0.3) is 5.91 Å². The fourth-order valence-corrected chi connectivity index (χ4v) is 6.86. The zero-order valence-electron chi connectivity index (χ0n) is 22.2. The molecule has 5 rings (SSSR count). The molecule has 0 radical (unpaired) electrons. The maximum atomic E-state index is 13.8. The molecule has 1 aromatic carbocycles. The highest BCUT2D eigenvalue weighted by Gasteiger charge is 2.63. The average Bonchev–Trinajstić information content (AvgIpc) is 2.87. The van der Waals surface area contributed by atoms with E-state index in [1.165, 1.54) is 17.0 Å². The molecule has 40 heavy (non-hydrogen) atoms. The topological polar surface area (TPSA) is 182 Å². The van der Waals surface area contributed by atoms with E-state index < -0.39 is 70.0 Å². The monoisotopic (exact) mass is 557 g/mol. The number of Topliss-reactive ketones (excluding diaryl/α,β-unsaturated/α-hetero) is 3. The summed E-state index contributed by atoms with van der Waals surface area (Å²) in [6.45, 7) is 0.838. The van der Waals surface area contributed by atoms with Crippen molar-refractivity contribution in [2.75, 3.05) is 33.7 Å². The Morgan fingerprint density at radius 2 is 1.80 bits per heavy atom. The Balaban J connectivity index is 1.59. The van der Waals surface area contributed by atoms with Gasteiger partial charge in [-0.25, -0.2) is 4.39 Å². The second-order valence-corrected chi connectivity index (χ2v) is 11.3. The van der Waals surface area contributed by atoms with Crippen LogP contribution in [-0.2, 0) is 16.0 Å². The van der Waals surface area contributed by atoms with Crippen LogP contribution in [0.3, 0.4) is 0 Å². The number of alkyl halides is 1. The number of phenols is 1. The lowest BCUT2D eigenvalue weighted by Gasteiger charge is -2.50. The lowest BCUT2D eigenvalue weighted by molar-refractivity contribution is -0.148. The summed E-state index contributed by atoms with van der Waals surface area (Å²) in [6.07, 6.45) is -0.303. The summed E-state index contributed by atoms with van der Waals surface area (Å²) in [5.74, 6) is -7.74. The van der Waals surface area contributed by atoms with Crippen LogP contribution in [0, 0.1) is 11.8 Å². The number of nitrogens with two attached hydrogens (primary N) is 1. The van der Waals surface area contributed by atoms with E-state index in [-0.39, 0.29) is 47.4 Å². The number of piperidine rings is 1. The van der Waals surface area contributed by atoms with Gasteiger partial charge in [-0.1, -0.05) is 0 Å². The number of amides is 1. The Morgan fingerprint density at radius 1 is 1.15 bits per heavy atom. The van der Waals surface area contributed by atoms with Crippen LogP contribution >= 0.6 is 0 Å². The van der Waals surface area contributed by atoms with E-state index >= 15 is 0 Å². The maximum absolute atomic E-state index is 13.8. The Morgan fingerprint density at radius 3 is 2.40 bits per heavy atom. The first kappa shape index (κ1) is 27.9. The number of phenolic OH excluding ortho intramolecular Hbond substituents is 1. The molecule has 6 N–H and O–H groups in total. The zero-order chi connectivity index (χ0) is 29.3. The van der Waals surface area contributed by atoms with Crippen molar-refractivity contribution < 1.29 is 44.0 Å². The number of likely N-dealkylation sites (N-methyl/N-ethyl adjacent to an activating group) is 1. The fraction of sp³-hybridized carbons (Fsp3) is 0.500. The summed E-state index contributed by atoms with van der Waals surface area (Å²) in [5, 5.41) is 44.5. The highest BCUT2D eigenvalue weighted by atomic mass is 19.1. The van der Waals surface area contributed by atoms with Crippen LogP contribution in [0.2, 0.25) is 0 Å². The molecule has 1 fully saturated rings. The van der Waals surface area contributed by atoms with Crippen molar-refractivity contribution in [3.8, 4) is 5.75 Å². The normalized spacial score (nSPS) is 29.4. The number of aliphatic hydroxyl groups is 3. The third kappa shape index (κ3) is 4.04. The number of hydrogen-bond donors (Lipinski definition) is 5. The first-order valence-electron chi connectivity index (χ1n) is 13.2. The van der Waals surface area contributed by atoms with Crippen molar-refractivity contribution in [1.82, 2.24) is 9.80 Å². The summed E-state index contributed by atoms with van der Waals surface area (Å²) in [7, 11) is 3.10. The molecule has 3 aliphatic carbocycles. The van der Waals surface area contributed by atoms with Gasteiger partial charge in [-0.2, -0.15) is 0 Å². The average molecular weight is 558 g/mol. The van der Waals surface area contributed by atoms with Gasteiger partial charge in [0, 0.05) is 30.1 Å². The molecule has 1 aliphatic heterocycles. The number of hydrogen-bond acceptors (Lipinski definition) is 10. The molecule has 0 unspecified atom stereocenters. The third-order valence-corrected chi connectivity index (χ3v) is 8.79. The van der Waals surface area contributed by atoms with E-state index in [2.05, 4.69) is 0 Å². The highest BCUT2D eigenvalue weighted by Crippen LogP contribution is 2.52. The second-order valence-electron chi connectivity index (χ2n) is 11.3. The Kier molecular flexibility index (Phi) is 6.84.